The summed E-state index contributed by atoms with van der Waals surface area (Å²) in [4.78, 5) is 68.3. The third-order valence-electron chi connectivity index (χ3n) is 31.6. The number of carbonyl (C=O) groups is 5. The van der Waals surface area contributed by atoms with E-state index in [4.69, 9.17) is 23.7 Å². The second-order valence-corrected chi connectivity index (χ2v) is 53.0. The summed E-state index contributed by atoms with van der Waals surface area (Å²) in [6, 6.07) is 85.7. The Bertz CT molecular complexity index is 5730. The normalized spacial score (nSPS) is 25.0. The molecule has 23 heteroatoms. The highest BCUT2D eigenvalue weighted by Gasteiger charge is 2.68. The van der Waals surface area contributed by atoms with Crippen LogP contribution < -0.4 is 4.74 Å². The van der Waals surface area contributed by atoms with E-state index in [-0.39, 0.29) is 114 Å². The summed E-state index contributed by atoms with van der Waals surface area (Å²) in [5, 5.41) is 2.75. The van der Waals surface area contributed by atoms with Gasteiger partial charge < -0.3 is 28.2 Å². The van der Waals surface area contributed by atoms with E-state index in [0.717, 1.165) is 130 Å². The molecule has 1 spiro atoms. The number of carbonyl (C=O) groups excluding carboxylic acids is 5. The number of hydrogen-bond acceptors (Lipinski definition) is 13. The summed E-state index contributed by atoms with van der Waals surface area (Å²) in [5.41, 5.74) is 1.72. The minimum Gasteiger partial charge on any atom is -0.744 e. The van der Waals surface area contributed by atoms with Crippen molar-refractivity contribution in [3.63, 3.8) is 0 Å². The number of esters is 4. The topological polar surface area (TPSA) is 189 Å². The number of ether oxygens (including phenoxy) is 5. The predicted molar refractivity (Wildman–Crippen MR) is 566 cm³/mol. The second kappa shape index (κ2) is 49.7. The molecule has 24 rings (SSSR count). The van der Waals surface area contributed by atoms with Crippen LogP contribution in [0, 0.1) is 106 Å². The van der Waals surface area contributed by atoms with Crippen LogP contribution in [0.1, 0.15) is 245 Å². The van der Waals surface area contributed by atoms with Gasteiger partial charge in [-0.3, -0.25) is 24.0 Å². The zero-order valence-corrected chi connectivity index (χ0v) is 89.0. The van der Waals surface area contributed by atoms with Crippen molar-refractivity contribution in [2.45, 2.75) is 303 Å². The summed E-state index contributed by atoms with van der Waals surface area (Å²) < 4.78 is 121. The number of rotatable bonds is 23. The average Bonchev–Trinajstić information content (AvgIpc) is 1.53. The minimum absolute atomic E-state index is 0.0146. The number of benzene rings is 10. The Labute approximate surface area is 862 Å². The first kappa shape index (κ1) is 109. The van der Waals surface area contributed by atoms with Gasteiger partial charge in [-0.1, -0.05) is 197 Å². The Balaban J connectivity index is 0.000000124. The van der Waals surface area contributed by atoms with Crippen LogP contribution in [0.4, 0.5) is 22.0 Å². The molecular formula is C121H144F5O13S5+3. The zero-order chi connectivity index (χ0) is 102. The van der Waals surface area contributed by atoms with Crippen LogP contribution in [0.3, 0.4) is 0 Å². The van der Waals surface area contributed by atoms with E-state index in [9.17, 15) is 58.9 Å². The molecule has 14 fully saturated rings. The molecule has 0 N–H and O–H groups in total. The first-order valence-electron chi connectivity index (χ1n) is 52.5. The molecule has 768 valence electrons. The monoisotopic (exact) mass is 2060 g/mol. The quantitative estimate of drug-likeness (QED) is 0.00860. The van der Waals surface area contributed by atoms with Gasteiger partial charge in [0.05, 0.1) is 69.4 Å². The van der Waals surface area contributed by atoms with Gasteiger partial charge in [0.2, 0.25) is 11.6 Å². The van der Waals surface area contributed by atoms with Crippen LogP contribution in [-0.2, 0) is 91.8 Å². The van der Waals surface area contributed by atoms with Crippen molar-refractivity contribution in [3.8, 4) is 5.75 Å². The van der Waals surface area contributed by atoms with Crippen molar-refractivity contribution in [2.24, 2.45) is 70.0 Å². The Morgan fingerprint density at radius 1 is 0.444 bits per heavy atom. The summed E-state index contributed by atoms with van der Waals surface area (Å²) in [6.45, 7) is 19.4. The first-order chi connectivity index (χ1) is 69.3. The Morgan fingerprint density at radius 3 is 1.21 bits per heavy atom. The summed E-state index contributed by atoms with van der Waals surface area (Å²) >= 11 is 0. The predicted octanol–water partition coefficient (Wildman–Crippen LogP) is 28.5. The molecule has 10 aromatic carbocycles. The van der Waals surface area contributed by atoms with Crippen molar-refractivity contribution in [2.75, 3.05) is 29.6 Å². The lowest BCUT2D eigenvalue weighted by molar-refractivity contribution is -0.176. The molecule has 14 aliphatic rings. The summed E-state index contributed by atoms with van der Waals surface area (Å²) in [6.07, 6.45) is 32.5. The van der Waals surface area contributed by atoms with E-state index < -0.39 is 44.1 Å². The number of ketones is 1. The molecule has 3 heterocycles. The third-order valence-corrected chi connectivity index (χ3v) is 42.7. The molecule has 11 saturated carbocycles. The number of fused-ring (bicyclic) bond motifs is 4. The molecule has 7 unspecified atom stereocenters. The van der Waals surface area contributed by atoms with Crippen molar-refractivity contribution < 1.29 is 82.6 Å². The van der Waals surface area contributed by atoms with Crippen LogP contribution in [0.2, 0.25) is 0 Å². The largest absolute Gasteiger partial charge is 0.744 e. The van der Waals surface area contributed by atoms with Gasteiger partial charge in [-0.05, 0) is 321 Å². The highest BCUT2D eigenvalue weighted by atomic mass is 32.2. The first-order valence-corrected chi connectivity index (χ1v) is 59.5. The van der Waals surface area contributed by atoms with Crippen LogP contribution in [0.25, 0.3) is 10.8 Å². The number of aryl methyl sites for hydroxylation is 1. The van der Waals surface area contributed by atoms with Gasteiger partial charge in [-0.25, -0.2) is 30.4 Å². The van der Waals surface area contributed by atoms with E-state index in [1.807, 2.05) is 58.0 Å². The summed E-state index contributed by atoms with van der Waals surface area (Å²) in [7, 11) is -5.07. The molecule has 144 heavy (non-hydrogen) atoms. The highest BCUT2D eigenvalue weighted by Crippen LogP contribution is 2.64. The smallest absolute Gasteiger partial charge is 0.312 e. The fraction of sp³-hybridized carbons (Fsp3) is 0.479. The third kappa shape index (κ3) is 26.7. The van der Waals surface area contributed by atoms with Gasteiger partial charge in [0.15, 0.2) is 62.3 Å². The fourth-order valence-corrected chi connectivity index (χ4v) is 34.5. The average molecular weight is 2060 g/mol. The SMILES string of the molecule is CC(C)(C(=O)c1ccccc1)[S+]1CCCC1.CCC(C)OC(=O)C12CC3CC(CC(C3)C1)C2.CCC(C)OC(=O)C12CC3CC(CC(C3)C1)C2.CCC(C)OC(=O)C1CC23CC(C(=O)O2)C1C3.Cc1ccc([S+](c2ccccc2)c2ccccc2)cc1.O=S(=O)([O-])c1c(F)c(F)c(F)c(F)c1F.c1ccc([S+](c2ccccc2)c2ccccc2)cc1.c1ccc2c([S+]3CCCC3)ccc(OCC3CCCCC3)c2c1. The minimum atomic E-state index is -5.77. The number of halogens is 5. The molecule has 0 radical (unpaired) electrons. The highest BCUT2D eigenvalue weighted by molar-refractivity contribution is 7.99. The molecule has 7 atom stereocenters. The zero-order valence-electron chi connectivity index (χ0n) is 85.0. The van der Waals surface area contributed by atoms with Crippen molar-refractivity contribution in [1.82, 2.24) is 0 Å². The van der Waals surface area contributed by atoms with E-state index in [1.54, 1.807) is 4.90 Å². The lowest BCUT2D eigenvalue weighted by Crippen LogP contribution is -2.51. The van der Waals surface area contributed by atoms with Crippen LogP contribution in [-0.4, -0.2) is 101 Å². The molecule has 3 aliphatic heterocycles. The van der Waals surface area contributed by atoms with Gasteiger partial charge in [-0.2, -0.15) is 0 Å². The molecule has 10 aromatic rings. The van der Waals surface area contributed by atoms with Gasteiger partial charge in [-0.15, -0.1) is 0 Å². The van der Waals surface area contributed by atoms with Gasteiger partial charge in [0, 0.05) is 51.0 Å². The van der Waals surface area contributed by atoms with Crippen LogP contribution >= 0.6 is 0 Å². The lowest BCUT2D eigenvalue weighted by Gasteiger charge is -2.55. The molecule has 11 bridgehead atoms. The maximum Gasteiger partial charge on any atom is 0.312 e. The maximum atomic E-state index is 12.6. The van der Waals surface area contributed by atoms with Gasteiger partial charge in [0.1, 0.15) is 49.4 Å². The molecule has 13 nitrogen and oxygen atoms in total. The Kier molecular flexibility index (Phi) is 37.6. The fourth-order valence-electron chi connectivity index (χ4n) is 24.5. The molecule has 11 aliphatic carbocycles. The van der Waals surface area contributed by atoms with E-state index >= 15 is 0 Å². The number of Topliss-reactive ketones (excluding diaryl/α,β-unsaturated/α-hetero) is 1. The standard InChI is InChI=1S/C21H27OS.C19H17S.C18H15S.2C15H24O2.C14H19OS.C13H18O4.C6HF5O3S/c1-2-8-17(9-3-1)16-22-20-12-13-21(23-14-6-7-15-23)19-11-5-4-10-18(19)20;1-16-12-14-19(15-13-16)20(17-8-4-2-5-9-17)18-10-6-3-7-11-18;1-4-10-16(11-5-1)19(17-12-6-2-7-13-17)18-14-8-3-9-15-18;2*1-3-10(2)17-14(16)15-7-11-4-12(8-15)6-13(5-11)9-15;1-14(2,16-10-6-7-11-16)13(15)12-8-4-3-5-9-12;1-3-7(2)16-11(14)9-5-13-4-8(9)10(6-13)12(15)17-13;7-1-2(8)4(10)6(15(12,13)14)5(11)3(1)9/h4-5,10-13,17H,1-3,6-9,14-16H2;2-15H,1H3;1-15H;2*10-13H,3-9H2,1-2H3;3-5,8-9H,6-7,10-11H2,1-2H3;7-10H,3-6H2,1-2H3;(H,12,13,14)/q3*+1;;;+1;;/p-1. The Morgan fingerprint density at radius 2 is 0.812 bits per heavy atom. The molecule has 3 saturated heterocycles. The van der Waals surface area contributed by atoms with Crippen molar-refractivity contribution >= 4 is 94.1 Å². The second-order valence-electron chi connectivity index (χ2n) is 42.6. The van der Waals surface area contributed by atoms with Gasteiger partial charge in [0.25, 0.3) is 0 Å². The Hall–Kier alpha value is -9.23. The molecule has 0 aromatic heterocycles. The maximum absolute atomic E-state index is 12.6. The summed E-state index contributed by atoms with van der Waals surface area (Å²) in [5.74, 6) is -0.409. The molecular weight excluding hydrogens is 1920 g/mol. The van der Waals surface area contributed by atoms with Crippen LogP contribution in [0.15, 0.2) is 282 Å². The van der Waals surface area contributed by atoms with Crippen molar-refractivity contribution in [3.05, 3.63) is 283 Å². The number of hydrogen-bond donors (Lipinski definition) is 0. The lowest BCUT2D eigenvalue weighted by atomic mass is 9.49. The van der Waals surface area contributed by atoms with Crippen LogP contribution in [0.5, 0.6) is 5.75 Å². The van der Waals surface area contributed by atoms with Crippen molar-refractivity contribution in [1.29, 1.82) is 0 Å². The van der Waals surface area contributed by atoms with E-state index in [1.165, 1.54) is 165 Å². The van der Waals surface area contributed by atoms with Gasteiger partial charge >= 0.3 is 23.9 Å². The molecule has 0 amide bonds. The van der Waals surface area contributed by atoms with E-state index in [0.29, 0.717) is 23.1 Å². The van der Waals surface area contributed by atoms with E-state index in [2.05, 4.69) is 247 Å².